The molecule has 0 radical (unpaired) electrons. The predicted octanol–water partition coefficient (Wildman–Crippen LogP) is 1.67. The number of aryl methyl sites for hydroxylation is 2. The average Bonchev–Trinajstić information content (AvgIpc) is 3.04. The van der Waals surface area contributed by atoms with E-state index in [1.807, 2.05) is 38.2 Å². The normalized spacial score (nSPS) is 14.7. The highest BCUT2D eigenvalue weighted by Crippen LogP contribution is 2.23. The van der Waals surface area contributed by atoms with E-state index >= 15 is 0 Å². The number of amides is 2. The van der Waals surface area contributed by atoms with Crippen molar-refractivity contribution in [1.29, 1.82) is 0 Å². The standard InChI is InChI=1S/C21H28N4O4/c1-15-12-16(24(2)23-15)13-22-21(27)18-6-4-5-7-19(18)29-17-8-10-25(11-9-17)20(26)14-28-3/h4-7,12,17H,8-11,13-14H2,1-3H3,(H,22,27). The molecule has 0 bridgehead atoms. The lowest BCUT2D eigenvalue weighted by Crippen LogP contribution is -2.43. The molecule has 0 atom stereocenters. The Morgan fingerprint density at radius 2 is 1.97 bits per heavy atom. The molecule has 3 rings (SSSR count). The van der Waals surface area contributed by atoms with Crippen LogP contribution in [-0.2, 0) is 23.1 Å². The van der Waals surface area contributed by atoms with Crippen LogP contribution in [0.4, 0.5) is 0 Å². The maximum absolute atomic E-state index is 12.7. The molecule has 29 heavy (non-hydrogen) atoms. The van der Waals surface area contributed by atoms with Gasteiger partial charge in [-0.2, -0.15) is 5.10 Å². The summed E-state index contributed by atoms with van der Waals surface area (Å²) in [6.07, 6.45) is 1.41. The highest BCUT2D eigenvalue weighted by Gasteiger charge is 2.25. The third-order valence-electron chi connectivity index (χ3n) is 5.02. The molecule has 1 saturated heterocycles. The van der Waals surface area contributed by atoms with Crippen LogP contribution >= 0.6 is 0 Å². The fourth-order valence-electron chi connectivity index (χ4n) is 3.47. The summed E-state index contributed by atoms with van der Waals surface area (Å²) in [5, 5.41) is 7.23. The van der Waals surface area contributed by atoms with Crippen molar-refractivity contribution in [3.05, 3.63) is 47.3 Å². The summed E-state index contributed by atoms with van der Waals surface area (Å²) in [5.41, 5.74) is 2.35. The van der Waals surface area contributed by atoms with Crippen LogP contribution in [0, 0.1) is 6.92 Å². The fraction of sp³-hybridized carbons (Fsp3) is 0.476. The molecule has 2 aromatic rings. The SMILES string of the molecule is COCC(=O)N1CCC(Oc2ccccc2C(=O)NCc2cc(C)nn2C)CC1. The Hall–Kier alpha value is -2.87. The highest BCUT2D eigenvalue weighted by molar-refractivity contribution is 5.96. The topological polar surface area (TPSA) is 85.7 Å². The van der Waals surface area contributed by atoms with Crippen LogP contribution in [0.3, 0.4) is 0 Å². The zero-order valence-electron chi connectivity index (χ0n) is 17.2. The molecule has 8 nitrogen and oxygen atoms in total. The number of carbonyl (C=O) groups excluding carboxylic acids is 2. The first kappa shape index (κ1) is 20.9. The number of nitrogens with zero attached hydrogens (tertiary/aromatic N) is 3. The van der Waals surface area contributed by atoms with Crippen molar-refractivity contribution in [1.82, 2.24) is 20.0 Å². The quantitative estimate of drug-likeness (QED) is 0.764. The molecule has 1 aromatic carbocycles. The first-order chi connectivity index (χ1) is 14.0. The third kappa shape index (κ3) is 5.35. The van der Waals surface area contributed by atoms with Gasteiger partial charge in [-0.05, 0) is 25.1 Å². The van der Waals surface area contributed by atoms with Crippen LogP contribution < -0.4 is 10.1 Å². The zero-order chi connectivity index (χ0) is 20.8. The largest absolute Gasteiger partial charge is 0.489 e. The first-order valence-electron chi connectivity index (χ1n) is 9.78. The minimum absolute atomic E-state index is 0.00358. The number of rotatable bonds is 7. The summed E-state index contributed by atoms with van der Waals surface area (Å²) in [6.45, 7) is 3.67. The molecule has 0 saturated carbocycles. The molecule has 1 N–H and O–H groups in total. The summed E-state index contributed by atoms with van der Waals surface area (Å²) >= 11 is 0. The molecule has 0 spiro atoms. The van der Waals surface area contributed by atoms with E-state index in [1.165, 1.54) is 7.11 Å². The molecule has 1 aliphatic heterocycles. The molecule has 0 unspecified atom stereocenters. The van der Waals surface area contributed by atoms with Gasteiger partial charge in [0.2, 0.25) is 5.91 Å². The second-order valence-electron chi connectivity index (χ2n) is 7.21. The Kier molecular flexibility index (Phi) is 6.87. The Bertz CT molecular complexity index is 856. The van der Waals surface area contributed by atoms with Gasteiger partial charge in [0.15, 0.2) is 0 Å². The summed E-state index contributed by atoms with van der Waals surface area (Å²) in [6, 6.07) is 9.19. The third-order valence-corrected chi connectivity index (χ3v) is 5.02. The number of benzene rings is 1. The highest BCUT2D eigenvalue weighted by atomic mass is 16.5. The van der Waals surface area contributed by atoms with Crippen molar-refractivity contribution in [3.8, 4) is 5.75 Å². The van der Waals surface area contributed by atoms with Gasteiger partial charge in [0, 0.05) is 40.1 Å². The first-order valence-corrected chi connectivity index (χ1v) is 9.78. The minimum atomic E-state index is -0.188. The number of nitrogens with one attached hydrogen (secondary N) is 1. The van der Waals surface area contributed by atoms with Crippen LogP contribution in [0.25, 0.3) is 0 Å². The lowest BCUT2D eigenvalue weighted by molar-refractivity contribution is -0.136. The van der Waals surface area contributed by atoms with E-state index < -0.39 is 0 Å². The van der Waals surface area contributed by atoms with Crippen LogP contribution in [0.5, 0.6) is 5.75 Å². The number of hydrogen-bond donors (Lipinski definition) is 1. The van der Waals surface area contributed by atoms with Gasteiger partial charge in [0.05, 0.1) is 23.5 Å². The molecule has 8 heteroatoms. The van der Waals surface area contributed by atoms with E-state index in [2.05, 4.69) is 10.4 Å². The molecule has 156 valence electrons. The maximum atomic E-state index is 12.7. The van der Waals surface area contributed by atoms with E-state index in [4.69, 9.17) is 9.47 Å². The van der Waals surface area contributed by atoms with E-state index in [0.29, 0.717) is 30.9 Å². The van der Waals surface area contributed by atoms with E-state index in [9.17, 15) is 9.59 Å². The Balaban J connectivity index is 1.58. The molecular formula is C21H28N4O4. The average molecular weight is 400 g/mol. The summed E-state index contributed by atoms with van der Waals surface area (Å²) in [4.78, 5) is 26.4. The lowest BCUT2D eigenvalue weighted by Gasteiger charge is -2.32. The van der Waals surface area contributed by atoms with Gasteiger partial charge in [0.25, 0.3) is 5.91 Å². The molecular weight excluding hydrogens is 372 g/mol. The Morgan fingerprint density at radius 1 is 1.24 bits per heavy atom. The van der Waals surface area contributed by atoms with Gasteiger partial charge >= 0.3 is 0 Å². The number of carbonyl (C=O) groups is 2. The van der Waals surface area contributed by atoms with E-state index in [-0.39, 0.29) is 24.5 Å². The predicted molar refractivity (Wildman–Crippen MR) is 108 cm³/mol. The second kappa shape index (κ2) is 9.56. The van der Waals surface area contributed by atoms with Gasteiger partial charge in [-0.15, -0.1) is 0 Å². The van der Waals surface area contributed by atoms with Gasteiger partial charge in [-0.25, -0.2) is 0 Å². The van der Waals surface area contributed by atoms with Crippen molar-refractivity contribution in [2.75, 3.05) is 26.8 Å². The van der Waals surface area contributed by atoms with Crippen LogP contribution in [0.1, 0.15) is 34.6 Å². The van der Waals surface area contributed by atoms with E-state index in [1.54, 1.807) is 15.6 Å². The monoisotopic (exact) mass is 400 g/mol. The molecule has 0 aliphatic carbocycles. The second-order valence-corrected chi connectivity index (χ2v) is 7.21. The van der Waals surface area contributed by atoms with Crippen molar-refractivity contribution >= 4 is 11.8 Å². The zero-order valence-corrected chi connectivity index (χ0v) is 17.2. The minimum Gasteiger partial charge on any atom is -0.489 e. The smallest absolute Gasteiger partial charge is 0.255 e. The van der Waals surface area contributed by atoms with Crippen LogP contribution in [0.2, 0.25) is 0 Å². The van der Waals surface area contributed by atoms with Gasteiger partial charge in [-0.1, -0.05) is 12.1 Å². The summed E-state index contributed by atoms with van der Waals surface area (Å²) < 4.78 is 12.8. The molecule has 2 heterocycles. The fourth-order valence-corrected chi connectivity index (χ4v) is 3.47. The lowest BCUT2D eigenvalue weighted by atomic mass is 10.1. The number of ether oxygens (including phenoxy) is 2. The maximum Gasteiger partial charge on any atom is 0.255 e. The van der Waals surface area contributed by atoms with Crippen molar-refractivity contribution < 1.29 is 19.1 Å². The molecule has 1 aliphatic rings. The Morgan fingerprint density at radius 3 is 2.62 bits per heavy atom. The number of likely N-dealkylation sites (tertiary alicyclic amines) is 1. The number of para-hydroxylation sites is 1. The van der Waals surface area contributed by atoms with Gasteiger partial charge in [0.1, 0.15) is 18.5 Å². The molecule has 1 fully saturated rings. The number of hydrogen-bond acceptors (Lipinski definition) is 5. The molecule has 2 amide bonds. The van der Waals surface area contributed by atoms with Crippen molar-refractivity contribution in [2.24, 2.45) is 7.05 Å². The molecule has 1 aromatic heterocycles. The van der Waals surface area contributed by atoms with E-state index in [0.717, 1.165) is 24.2 Å². The summed E-state index contributed by atoms with van der Waals surface area (Å²) in [5.74, 6) is 0.371. The van der Waals surface area contributed by atoms with Gasteiger partial charge in [-0.3, -0.25) is 14.3 Å². The number of piperidine rings is 1. The van der Waals surface area contributed by atoms with Gasteiger partial charge < -0.3 is 19.7 Å². The van der Waals surface area contributed by atoms with Crippen LogP contribution in [-0.4, -0.2) is 59.4 Å². The van der Waals surface area contributed by atoms with Crippen molar-refractivity contribution in [2.45, 2.75) is 32.4 Å². The number of aromatic nitrogens is 2. The number of methoxy groups -OCH3 is 1. The summed E-state index contributed by atoms with van der Waals surface area (Å²) in [7, 11) is 3.38. The van der Waals surface area contributed by atoms with Crippen molar-refractivity contribution in [3.63, 3.8) is 0 Å². The Labute approximate surface area is 170 Å². The van der Waals surface area contributed by atoms with Crippen LogP contribution in [0.15, 0.2) is 30.3 Å².